The van der Waals surface area contributed by atoms with Crippen LogP contribution in [-0.4, -0.2) is 69.8 Å². The summed E-state index contributed by atoms with van der Waals surface area (Å²) < 4.78 is 3.21. The van der Waals surface area contributed by atoms with Crippen LogP contribution in [0.15, 0.2) is 24.5 Å². The van der Waals surface area contributed by atoms with Gasteiger partial charge < -0.3 is 30.0 Å². The Hall–Kier alpha value is -3.97. The van der Waals surface area contributed by atoms with Crippen LogP contribution in [0, 0.1) is 5.92 Å². The first kappa shape index (κ1) is 31.6. The first-order chi connectivity index (χ1) is 19.3. The molecule has 0 aliphatic rings. The molecule has 12 nitrogen and oxygen atoms in total. The van der Waals surface area contributed by atoms with E-state index < -0.39 is 11.8 Å². The smallest absolute Gasteiger partial charge is 0.274 e. The Morgan fingerprint density at radius 3 is 2.07 bits per heavy atom. The van der Waals surface area contributed by atoms with Crippen LogP contribution in [0.4, 0.5) is 16.5 Å². The van der Waals surface area contributed by atoms with E-state index in [1.165, 1.54) is 18.3 Å². The zero-order valence-electron chi connectivity index (χ0n) is 24.8. The third kappa shape index (κ3) is 9.02. The van der Waals surface area contributed by atoms with Gasteiger partial charge in [-0.25, -0.2) is 4.98 Å². The number of nitrogens with one attached hydrogen (secondary N) is 4. The minimum Gasteiger partial charge on any atom is -0.351 e. The number of carbonyl (C=O) groups excluding carboxylic acids is 4. The van der Waals surface area contributed by atoms with Gasteiger partial charge in [-0.1, -0.05) is 13.8 Å². The molecule has 0 aromatic carbocycles. The van der Waals surface area contributed by atoms with Crippen LogP contribution in [0.2, 0.25) is 0 Å². The molecule has 4 N–H and O–H groups in total. The number of amides is 4. The Labute approximate surface area is 244 Å². The molecule has 0 atom stereocenters. The summed E-state index contributed by atoms with van der Waals surface area (Å²) in [6.45, 7) is 7.04. The topological polar surface area (TPSA) is 142 Å². The Bertz CT molecular complexity index is 1400. The highest BCUT2D eigenvalue weighted by atomic mass is 32.1. The fraction of sp³-hybridized carbons (Fsp3) is 0.464. The van der Waals surface area contributed by atoms with Crippen molar-refractivity contribution in [3.8, 4) is 0 Å². The molecule has 222 valence electrons. The summed E-state index contributed by atoms with van der Waals surface area (Å²) >= 11 is 1.30. The zero-order valence-corrected chi connectivity index (χ0v) is 25.6. The normalized spacial score (nSPS) is 11.1. The van der Waals surface area contributed by atoms with E-state index >= 15 is 0 Å². The molecule has 0 saturated heterocycles. The van der Waals surface area contributed by atoms with Crippen LogP contribution in [0.5, 0.6) is 0 Å². The van der Waals surface area contributed by atoms with E-state index in [2.05, 4.69) is 45.0 Å². The lowest BCUT2D eigenvalue weighted by molar-refractivity contribution is -0.114. The molecule has 0 aliphatic heterocycles. The molecule has 0 saturated carbocycles. The Morgan fingerprint density at radius 2 is 1.51 bits per heavy atom. The second kappa shape index (κ2) is 14.1. The van der Waals surface area contributed by atoms with E-state index in [4.69, 9.17) is 0 Å². The van der Waals surface area contributed by atoms with Gasteiger partial charge in [0.05, 0.1) is 11.4 Å². The molecule has 0 bridgehead atoms. The van der Waals surface area contributed by atoms with Crippen molar-refractivity contribution in [1.82, 2.24) is 24.3 Å². The zero-order chi connectivity index (χ0) is 30.3. The third-order valence-corrected chi connectivity index (χ3v) is 7.23. The highest BCUT2D eigenvalue weighted by Crippen LogP contribution is 2.27. The number of hydrogen-bond acceptors (Lipinski definition) is 7. The monoisotopic (exact) mass is 584 g/mol. The van der Waals surface area contributed by atoms with Crippen molar-refractivity contribution in [3.63, 3.8) is 0 Å². The van der Waals surface area contributed by atoms with Crippen LogP contribution in [0.3, 0.4) is 0 Å². The number of anilines is 3. The number of aromatic nitrogens is 3. The predicted octanol–water partition coefficient (Wildman–Crippen LogP) is 3.55. The number of rotatable bonds is 13. The summed E-state index contributed by atoms with van der Waals surface area (Å²) in [5.74, 6) is -0.831. The van der Waals surface area contributed by atoms with Crippen molar-refractivity contribution in [2.45, 2.75) is 40.0 Å². The quantitative estimate of drug-likeness (QED) is 0.226. The maximum absolute atomic E-state index is 13.2. The number of carbonyl (C=O) groups is 4. The largest absolute Gasteiger partial charge is 0.351 e. The molecular formula is C28H40N8O4S. The van der Waals surface area contributed by atoms with Gasteiger partial charge in [-0.3, -0.25) is 24.5 Å². The highest BCUT2D eigenvalue weighted by molar-refractivity contribution is 7.16. The minimum absolute atomic E-state index is 0.235. The van der Waals surface area contributed by atoms with Gasteiger partial charge in [0.15, 0.2) is 5.13 Å². The molecule has 0 unspecified atom stereocenters. The van der Waals surface area contributed by atoms with Gasteiger partial charge in [-0.05, 0) is 58.0 Å². The summed E-state index contributed by atoms with van der Waals surface area (Å²) in [4.78, 5) is 57.6. The number of thiazole rings is 1. The fourth-order valence-electron chi connectivity index (χ4n) is 4.13. The van der Waals surface area contributed by atoms with Gasteiger partial charge in [-0.15, -0.1) is 11.3 Å². The first-order valence-electron chi connectivity index (χ1n) is 13.5. The van der Waals surface area contributed by atoms with Crippen molar-refractivity contribution >= 4 is 51.5 Å². The maximum Gasteiger partial charge on any atom is 0.274 e. The predicted molar refractivity (Wildman–Crippen MR) is 162 cm³/mol. The lowest BCUT2D eigenvalue weighted by atomic mass is 10.1. The number of nitrogens with zero attached hydrogens (tertiary/aromatic N) is 4. The molecule has 13 heteroatoms. The SMILES string of the molecule is CC(=O)Nc1cc(C(=O)Nc2cc(C(=O)Nc3nc(C(=O)NCCCN(C)C)c(CCC(C)C)s3)n(C)c2)n(C)c1. The highest BCUT2D eigenvalue weighted by Gasteiger charge is 2.22. The molecule has 4 amide bonds. The molecule has 3 heterocycles. The van der Waals surface area contributed by atoms with Crippen molar-refractivity contribution in [3.05, 3.63) is 46.5 Å². The van der Waals surface area contributed by atoms with Crippen molar-refractivity contribution in [1.29, 1.82) is 0 Å². The molecule has 0 aliphatic carbocycles. The summed E-state index contributed by atoms with van der Waals surface area (Å²) in [6.07, 6.45) is 5.68. The van der Waals surface area contributed by atoms with Gasteiger partial charge in [0.25, 0.3) is 17.7 Å². The van der Waals surface area contributed by atoms with Gasteiger partial charge in [0.1, 0.15) is 17.1 Å². The average Bonchev–Trinajstić information content (AvgIpc) is 3.56. The molecule has 3 rings (SSSR count). The summed E-state index contributed by atoms with van der Waals surface area (Å²) in [5, 5.41) is 11.5. The number of hydrogen-bond donors (Lipinski definition) is 4. The van der Waals surface area contributed by atoms with Crippen molar-refractivity contribution < 1.29 is 19.2 Å². The lowest BCUT2D eigenvalue weighted by Crippen LogP contribution is -2.28. The first-order valence-corrected chi connectivity index (χ1v) is 14.3. The van der Waals surface area contributed by atoms with Crippen molar-refractivity contribution in [2.24, 2.45) is 20.0 Å². The molecule has 3 aromatic rings. The molecule has 0 fully saturated rings. The van der Waals surface area contributed by atoms with Gasteiger partial charge >= 0.3 is 0 Å². The molecule has 0 radical (unpaired) electrons. The van der Waals surface area contributed by atoms with Crippen LogP contribution < -0.4 is 21.3 Å². The van der Waals surface area contributed by atoms with Gasteiger partial charge in [0.2, 0.25) is 5.91 Å². The molecular weight excluding hydrogens is 544 g/mol. The van der Waals surface area contributed by atoms with E-state index in [-0.39, 0.29) is 11.8 Å². The van der Waals surface area contributed by atoms with E-state index in [1.54, 1.807) is 47.8 Å². The minimum atomic E-state index is -0.415. The molecule has 3 aromatic heterocycles. The van der Waals surface area contributed by atoms with Crippen LogP contribution in [0.1, 0.15) is 70.0 Å². The van der Waals surface area contributed by atoms with Gasteiger partial charge in [-0.2, -0.15) is 0 Å². The summed E-state index contributed by atoms with van der Waals surface area (Å²) in [7, 11) is 7.37. The van der Waals surface area contributed by atoms with Crippen LogP contribution >= 0.6 is 11.3 Å². The standard InChI is InChI=1S/C28H40N8O4S/c1-17(2)9-10-23-24(27(40)29-11-8-12-34(4)5)32-28(41-23)33-26(39)22-14-20(16-36(22)7)31-25(38)21-13-19(15-35(21)6)30-18(3)37/h13-17H,8-12H2,1-7H3,(H,29,40)(H,30,37)(H,31,38)(H,32,33,39). The summed E-state index contributed by atoms with van der Waals surface area (Å²) in [6, 6.07) is 3.14. The van der Waals surface area contributed by atoms with E-state index in [0.717, 1.165) is 24.3 Å². The Morgan fingerprint density at radius 1 is 0.927 bits per heavy atom. The second-order valence-electron chi connectivity index (χ2n) is 10.7. The van der Waals surface area contributed by atoms with E-state index in [1.807, 2.05) is 14.1 Å². The number of aryl methyl sites for hydroxylation is 3. The van der Waals surface area contributed by atoms with Gasteiger partial charge in [0, 0.05) is 44.8 Å². The fourth-order valence-corrected chi connectivity index (χ4v) is 5.10. The maximum atomic E-state index is 13.2. The van der Waals surface area contributed by atoms with Crippen LogP contribution in [0.25, 0.3) is 0 Å². The average molecular weight is 585 g/mol. The van der Waals surface area contributed by atoms with Crippen molar-refractivity contribution in [2.75, 3.05) is 43.1 Å². The van der Waals surface area contributed by atoms with E-state index in [9.17, 15) is 19.2 Å². The Kier molecular flexibility index (Phi) is 10.8. The summed E-state index contributed by atoms with van der Waals surface area (Å²) in [5.41, 5.74) is 1.93. The second-order valence-corrected chi connectivity index (χ2v) is 11.8. The third-order valence-electron chi connectivity index (χ3n) is 6.20. The molecule has 0 spiro atoms. The lowest BCUT2D eigenvalue weighted by Gasteiger charge is -2.10. The van der Waals surface area contributed by atoms with E-state index in [0.29, 0.717) is 52.5 Å². The Balaban J connectivity index is 1.71. The molecule has 41 heavy (non-hydrogen) atoms. The van der Waals surface area contributed by atoms with Crippen LogP contribution in [-0.2, 0) is 25.3 Å².